The van der Waals surface area contributed by atoms with Crippen molar-refractivity contribution in [1.29, 1.82) is 0 Å². The Kier molecular flexibility index (Phi) is 6.67. The second-order valence-electron chi connectivity index (χ2n) is 7.77. The zero-order valence-corrected chi connectivity index (χ0v) is 16.7. The monoisotopic (exact) mass is 386 g/mol. The predicted molar refractivity (Wildman–Crippen MR) is 107 cm³/mol. The maximum absolute atomic E-state index is 13.0. The fourth-order valence-corrected chi connectivity index (χ4v) is 4.04. The molecule has 2 atom stereocenters. The Hall–Kier alpha value is -2.41. The van der Waals surface area contributed by atoms with E-state index in [1.807, 2.05) is 41.0 Å². The smallest absolute Gasteiger partial charge is 0.236 e. The first-order valence-electron chi connectivity index (χ1n) is 10.1. The standard InChI is InChI=1S/C21H30N4O3/c1-15-5-7-17(8-6-15)19(23-16(2)26)12-20(27)24-10-3-4-18(14-24)25-11-9-22-13-21(25)28/h5-8,18-19,22H,3-4,9-14H2,1-2H3,(H,23,26). The van der Waals surface area contributed by atoms with Gasteiger partial charge in [-0.3, -0.25) is 14.4 Å². The number of amides is 3. The minimum absolute atomic E-state index is 0.0200. The number of nitrogens with zero attached hydrogens (tertiary/aromatic N) is 2. The molecular formula is C21H30N4O3. The minimum Gasteiger partial charge on any atom is -0.349 e. The third kappa shape index (κ3) is 5.10. The molecule has 0 spiro atoms. The molecule has 2 aliphatic rings. The Bertz CT molecular complexity index is 719. The number of carbonyl (C=O) groups is 3. The van der Waals surface area contributed by atoms with Gasteiger partial charge in [-0.25, -0.2) is 0 Å². The molecule has 3 amide bonds. The highest BCUT2D eigenvalue weighted by Crippen LogP contribution is 2.22. The van der Waals surface area contributed by atoms with Crippen LogP contribution >= 0.6 is 0 Å². The van der Waals surface area contributed by atoms with Crippen molar-refractivity contribution in [2.24, 2.45) is 0 Å². The largest absolute Gasteiger partial charge is 0.349 e. The molecule has 2 N–H and O–H groups in total. The Morgan fingerprint density at radius 1 is 1.25 bits per heavy atom. The first kappa shape index (κ1) is 20.3. The van der Waals surface area contributed by atoms with Gasteiger partial charge < -0.3 is 20.4 Å². The summed E-state index contributed by atoms with van der Waals surface area (Å²) in [5.74, 6) is -0.0192. The molecule has 2 saturated heterocycles. The highest BCUT2D eigenvalue weighted by atomic mass is 16.2. The third-order valence-electron chi connectivity index (χ3n) is 5.55. The summed E-state index contributed by atoms with van der Waals surface area (Å²) in [5, 5.41) is 6.00. The second kappa shape index (κ2) is 9.19. The van der Waals surface area contributed by atoms with E-state index < -0.39 is 0 Å². The zero-order valence-electron chi connectivity index (χ0n) is 16.7. The molecule has 2 heterocycles. The summed E-state index contributed by atoms with van der Waals surface area (Å²) in [6.45, 7) is 6.63. The fraction of sp³-hybridized carbons (Fsp3) is 0.571. The van der Waals surface area contributed by atoms with Gasteiger partial charge in [-0.1, -0.05) is 29.8 Å². The maximum atomic E-state index is 13.0. The van der Waals surface area contributed by atoms with Crippen LogP contribution in [0.3, 0.4) is 0 Å². The third-order valence-corrected chi connectivity index (χ3v) is 5.55. The molecule has 2 fully saturated rings. The number of piperazine rings is 1. The number of hydrogen-bond acceptors (Lipinski definition) is 4. The van der Waals surface area contributed by atoms with Crippen molar-refractivity contribution in [2.45, 2.75) is 45.2 Å². The van der Waals surface area contributed by atoms with Crippen molar-refractivity contribution in [3.8, 4) is 0 Å². The lowest BCUT2D eigenvalue weighted by Crippen LogP contribution is -2.57. The van der Waals surface area contributed by atoms with Gasteiger partial charge in [-0.15, -0.1) is 0 Å². The van der Waals surface area contributed by atoms with E-state index in [0.29, 0.717) is 26.2 Å². The quantitative estimate of drug-likeness (QED) is 0.791. The van der Waals surface area contributed by atoms with E-state index in [1.54, 1.807) is 0 Å². The molecule has 2 unspecified atom stereocenters. The number of likely N-dealkylation sites (tertiary alicyclic amines) is 1. The normalized spacial score (nSPS) is 21.4. The van der Waals surface area contributed by atoms with Gasteiger partial charge in [0.05, 0.1) is 19.0 Å². The van der Waals surface area contributed by atoms with E-state index in [1.165, 1.54) is 6.92 Å². The van der Waals surface area contributed by atoms with E-state index >= 15 is 0 Å². The van der Waals surface area contributed by atoms with Crippen molar-refractivity contribution < 1.29 is 14.4 Å². The molecule has 2 aliphatic heterocycles. The molecule has 1 aromatic carbocycles. The van der Waals surface area contributed by atoms with E-state index in [2.05, 4.69) is 10.6 Å². The zero-order chi connectivity index (χ0) is 20.1. The van der Waals surface area contributed by atoms with Crippen LogP contribution in [0.2, 0.25) is 0 Å². The molecule has 1 aromatic rings. The van der Waals surface area contributed by atoms with Crippen molar-refractivity contribution in [2.75, 3.05) is 32.7 Å². The van der Waals surface area contributed by atoms with Gasteiger partial charge in [0.15, 0.2) is 0 Å². The Morgan fingerprint density at radius 2 is 2.00 bits per heavy atom. The molecular weight excluding hydrogens is 356 g/mol. The van der Waals surface area contributed by atoms with Gasteiger partial charge in [0.1, 0.15) is 0 Å². The molecule has 0 aliphatic carbocycles. The molecule has 0 radical (unpaired) electrons. The average molecular weight is 386 g/mol. The lowest BCUT2D eigenvalue weighted by atomic mass is 9.99. The van der Waals surface area contributed by atoms with Gasteiger partial charge in [-0.05, 0) is 25.3 Å². The van der Waals surface area contributed by atoms with Gasteiger partial charge in [0, 0.05) is 39.1 Å². The van der Waals surface area contributed by atoms with Gasteiger partial charge in [-0.2, -0.15) is 0 Å². The maximum Gasteiger partial charge on any atom is 0.236 e. The molecule has 0 saturated carbocycles. The Morgan fingerprint density at radius 3 is 2.68 bits per heavy atom. The molecule has 28 heavy (non-hydrogen) atoms. The molecule has 7 nitrogen and oxygen atoms in total. The molecule has 0 aromatic heterocycles. The van der Waals surface area contributed by atoms with E-state index in [-0.39, 0.29) is 36.2 Å². The van der Waals surface area contributed by atoms with Crippen LogP contribution in [0.25, 0.3) is 0 Å². The summed E-state index contributed by atoms with van der Waals surface area (Å²) in [5.41, 5.74) is 2.07. The number of piperidine rings is 1. The van der Waals surface area contributed by atoms with E-state index in [0.717, 1.165) is 30.5 Å². The van der Waals surface area contributed by atoms with Crippen LogP contribution in [-0.4, -0.2) is 66.3 Å². The van der Waals surface area contributed by atoms with Crippen LogP contribution in [-0.2, 0) is 14.4 Å². The van der Waals surface area contributed by atoms with E-state index in [9.17, 15) is 14.4 Å². The minimum atomic E-state index is -0.341. The highest BCUT2D eigenvalue weighted by molar-refractivity contribution is 5.81. The number of rotatable bonds is 5. The van der Waals surface area contributed by atoms with Crippen LogP contribution < -0.4 is 10.6 Å². The van der Waals surface area contributed by atoms with Crippen LogP contribution in [0.1, 0.15) is 43.4 Å². The van der Waals surface area contributed by atoms with Crippen LogP contribution in [0.4, 0.5) is 0 Å². The average Bonchev–Trinajstić information content (AvgIpc) is 2.68. The summed E-state index contributed by atoms with van der Waals surface area (Å²) < 4.78 is 0. The molecule has 152 valence electrons. The SMILES string of the molecule is CC(=O)NC(CC(=O)N1CCCC(N2CCNCC2=O)C1)c1ccc(C)cc1. The van der Waals surface area contributed by atoms with Crippen molar-refractivity contribution >= 4 is 17.7 Å². The van der Waals surface area contributed by atoms with Crippen molar-refractivity contribution in [1.82, 2.24) is 20.4 Å². The first-order valence-corrected chi connectivity index (χ1v) is 10.1. The Balaban J connectivity index is 1.66. The number of benzene rings is 1. The van der Waals surface area contributed by atoms with E-state index in [4.69, 9.17) is 0 Å². The summed E-state index contributed by atoms with van der Waals surface area (Å²) >= 11 is 0. The summed E-state index contributed by atoms with van der Waals surface area (Å²) in [6.07, 6.45) is 2.05. The first-order chi connectivity index (χ1) is 13.4. The van der Waals surface area contributed by atoms with Gasteiger partial charge in [0.2, 0.25) is 17.7 Å². The number of carbonyl (C=O) groups excluding carboxylic acids is 3. The number of nitrogens with one attached hydrogen (secondary N) is 2. The van der Waals surface area contributed by atoms with Gasteiger partial charge in [0.25, 0.3) is 0 Å². The summed E-state index contributed by atoms with van der Waals surface area (Å²) in [6, 6.07) is 7.64. The number of aryl methyl sites for hydroxylation is 1. The number of hydrogen-bond donors (Lipinski definition) is 2. The topological polar surface area (TPSA) is 81.8 Å². The molecule has 0 bridgehead atoms. The van der Waals surface area contributed by atoms with Gasteiger partial charge >= 0.3 is 0 Å². The molecule has 7 heteroatoms. The summed E-state index contributed by atoms with van der Waals surface area (Å²) in [7, 11) is 0. The van der Waals surface area contributed by atoms with Crippen molar-refractivity contribution in [3.05, 3.63) is 35.4 Å². The summed E-state index contributed by atoms with van der Waals surface area (Å²) in [4.78, 5) is 40.6. The highest BCUT2D eigenvalue weighted by Gasteiger charge is 2.32. The predicted octanol–water partition coefficient (Wildman–Crippen LogP) is 0.985. The molecule has 3 rings (SSSR count). The van der Waals surface area contributed by atoms with Crippen molar-refractivity contribution in [3.63, 3.8) is 0 Å². The lowest BCUT2D eigenvalue weighted by molar-refractivity contribution is -0.140. The van der Waals surface area contributed by atoms with Crippen LogP contribution in [0.5, 0.6) is 0 Å². The second-order valence-corrected chi connectivity index (χ2v) is 7.77. The van der Waals surface area contributed by atoms with Crippen LogP contribution in [0, 0.1) is 6.92 Å². The fourth-order valence-electron chi connectivity index (χ4n) is 4.04. The lowest BCUT2D eigenvalue weighted by Gasteiger charge is -2.41. The van der Waals surface area contributed by atoms with Crippen LogP contribution in [0.15, 0.2) is 24.3 Å². The Labute approximate surface area is 166 Å².